The molecule has 0 atom stereocenters. The van der Waals surface area contributed by atoms with Gasteiger partial charge in [0.1, 0.15) is 17.2 Å². The molecule has 9 nitrogen and oxygen atoms in total. The summed E-state index contributed by atoms with van der Waals surface area (Å²) in [5, 5.41) is 12.6. The van der Waals surface area contributed by atoms with Gasteiger partial charge in [-0.1, -0.05) is 40.7 Å². The van der Waals surface area contributed by atoms with E-state index in [1.54, 1.807) is 55.2 Å². The Hall–Kier alpha value is -4.99. The third-order valence-corrected chi connectivity index (χ3v) is 5.44. The summed E-state index contributed by atoms with van der Waals surface area (Å²) >= 11 is 0. The smallest absolute Gasteiger partial charge is 0.281 e. The zero-order valence-electron chi connectivity index (χ0n) is 18.2. The Morgan fingerprint density at radius 1 is 0.886 bits per heavy atom. The number of benzene rings is 2. The van der Waals surface area contributed by atoms with Gasteiger partial charge in [-0.05, 0) is 35.9 Å². The maximum atomic E-state index is 14.6. The Labute approximate surface area is 198 Å². The third-order valence-electron chi connectivity index (χ3n) is 5.44. The first-order chi connectivity index (χ1) is 17.3. The average Bonchev–Trinajstić information content (AvgIpc) is 3.66. The zero-order valence-corrected chi connectivity index (χ0v) is 18.2. The molecule has 4 aromatic heterocycles. The van der Waals surface area contributed by atoms with Crippen LogP contribution in [0.25, 0.3) is 39.9 Å². The number of pyridine rings is 1. The Kier molecular flexibility index (Phi) is 5.15. The molecule has 6 aromatic rings. The third kappa shape index (κ3) is 3.97. The highest BCUT2D eigenvalue weighted by Crippen LogP contribution is 2.32. The van der Waals surface area contributed by atoms with E-state index in [1.807, 2.05) is 35.0 Å². The predicted molar refractivity (Wildman–Crippen MR) is 125 cm³/mol. The van der Waals surface area contributed by atoms with E-state index in [-0.39, 0.29) is 11.6 Å². The number of hydrogen-bond acceptors (Lipinski definition) is 7. The van der Waals surface area contributed by atoms with Crippen LogP contribution in [0.3, 0.4) is 0 Å². The van der Waals surface area contributed by atoms with Crippen molar-refractivity contribution in [3.8, 4) is 39.9 Å². The Balaban J connectivity index is 1.41. The minimum Gasteiger partial charge on any atom is -0.333 e. The molecular formula is C25H17FN8O. The molecule has 10 heteroatoms. The van der Waals surface area contributed by atoms with Crippen molar-refractivity contribution in [2.45, 2.75) is 6.54 Å². The number of halogens is 1. The topological polar surface area (TPSA) is 100 Å². The Morgan fingerprint density at radius 2 is 1.77 bits per heavy atom. The summed E-state index contributed by atoms with van der Waals surface area (Å²) in [6.45, 7) is 0.668. The number of para-hydroxylation sites is 1. The molecule has 2 aromatic carbocycles. The van der Waals surface area contributed by atoms with Gasteiger partial charge in [0, 0.05) is 42.5 Å². The number of nitrogens with zero attached hydrogens (tertiary/aromatic N) is 8. The van der Waals surface area contributed by atoms with Gasteiger partial charge in [0.2, 0.25) is 5.82 Å². The van der Waals surface area contributed by atoms with Gasteiger partial charge in [0.15, 0.2) is 5.69 Å². The SMILES string of the molecule is Fc1ccccc1-n1nnc(-c2nc(-c3cccc(Cn4ccnc4)c3)no2)c1-c1ccncc1. The first kappa shape index (κ1) is 20.6. The molecule has 0 saturated heterocycles. The second kappa shape index (κ2) is 8.75. The Bertz CT molecular complexity index is 1590. The van der Waals surface area contributed by atoms with Crippen LogP contribution in [0.4, 0.5) is 4.39 Å². The van der Waals surface area contributed by atoms with Crippen molar-refractivity contribution in [3.05, 3.63) is 103 Å². The van der Waals surface area contributed by atoms with Crippen LogP contribution in [-0.4, -0.2) is 39.7 Å². The van der Waals surface area contributed by atoms with Crippen molar-refractivity contribution in [1.82, 2.24) is 39.7 Å². The molecular weight excluding hydrogens is 447 g/mol. The summed E-state index contributed by atoms with van der Waals surface area (Å²) in [6, 6.07) is 17.8. The van der Waals surface area contributed by atoms with Crippen LogP contribution in [-0.2, 0) is 6.54 Å². The van der Waals surface area contributed by atoms with Gasteiger partial charge in [-0.3, -0.25) is 4.98 Å². The van der Waals surface area contributed by atoms with Crippen molar-refractivity contribution >= 4 is 0 Å². The molecule has 170 valence electrons. The fraction of sp³-hybridized carbons (Fsp3) is 0.0400. The molecule has 0 bridgehead atoms. The lowest BCUT2D eigenvalue weighted by molar-refractivity contribution is 0.431. The summed E-state index contributed by atoms with van der Waals surface area (Å²) < 4.78 is 23.6. The van der Waals surface area contributed by atoms with Gasteiger partial charge in [-0.25, -0.2) is 14.1 Å². The van der Waals surface area contributed by atoms with Gasteiger partial charge >= 0.3 is 0 Å². The molecule has 0 fully saturated rings. The molecule has 0 radical (unpaired) electrons. The molecule has 6 rings (SSSR count). The lowest BCUT2D eigenvalue weighted by atomic mass is 10.1. The van der Waals surface area contributed by atoms with E-state index in [2.05, 4.69) is 30.4 Å². The van der Waals surface area contributed by atoms with E-state index in [0.717, 1.165) is 16.7 Å². The first-order valence-corrected chi connectivity index (χ1v) is 10.8. The summed E-state index contributed by atoms with van der Waals surface area (Å²) in [4.78, 5) is 12.7. The van der Waals surface area contributed by atoms with Crippen LogP contribution in [0.5, 0.6) is 0 Å². The predicted octanol–water partition coefficient (Wildman–Crippen LogP) is 4.43. The van der Waals surface area contributed by atoms with Crippen molar-refractivity contribution in [2.24, 2.45) is 0 Å². The summed E-state index contributed by atoms with van der Waals surface area (Å²) in [5.74, 6) is 0.156. The van der Waals surface area contributed by atoms with Gasteiger partial charge in [-0.15, -0.1) is 5.10 Å². The Morgan fingerprint density at radius 3 is 2.60 bits per heavy atom. The fourth-order valence-corrected chi connectivity index (χ4v) is 3.82. The van der Waals surface area contributed by atoms with Gasteiger partial charge in [-0.2, -0.15) is 4.98 Å². The van der Waals surface area contributed by atoms with Crippen LogP contribution < -0.4 is 0 Å². The van der Waals surface area contributed by atoms with Crippen LogP contribution in [0.2, 0.25) is 0 Å². The van der Waals surface area contributed by atoms with E-state index in [9.17, 15) is 4.39 Å². The highest BCUT2D eigenvalue weighted by molar-refractivity contribution is 5.76. The highest BCUT2D eigenvalue weighted by atomic mass is 19.1. The molecule has 4 heterocycles. The van der Waals surface area contributed by atoms with Crippen molar-refractivity contribution in [3.63, 3.8) is 0 Å². The maximum absolute atomic E-state index is 14.6. The summed E-state index contributed by atoms with van der Waals surface area (Å²) in [5.41, 5.74) is 3.70. The van der Waals surface area contributed by atoms with Crippen molar-refractivity contribution in [1.29, 1.82) is 0 Å². The molecule has 0 saturated carbocycles. The standard InChI is InChI=1S/C25H17FN8O/c26-20-6-1-2-7-21(20)34-23(18-8-10-27-11-9-18)22(30-32-34)25-29-24(31-35-25)19-5-3-4-17(14-19)15-33-13-12-28-16-33/h1-14,16H,15H2. The molecule has 0 unspecified atom stereocenters. The fourth-order valence-electron chi connectivity index (χ4n) is 3.82. The van der Waals surface area contributed by atoms with Gasteiger partial charge in [0.25, 0.3) is 5.89 Å². The van der Waals surface area contributed by atoms with Crippen molar-refractivity contribution < 1.29 is 8.91 Å². The highest BCUT2D eigenvalue weighted by Gasteiger charge is 2.24. The number of aromatic nitrogens is 8. The second-order valence-corrected chi connectivity index (χ2v) is 7.74. The molecule has 0 aliphatic heterocycles. The maximum Gasteiger partial charge on any atom is 0.281 e. The summed E-state index contributed by atoms with van der Waals surface area (Å²) in [6.07, 6.45) is 8.69. The van der Waals surface area contributed by atoms with Crippen LogP contribution in [0.1, 0.15) is 5.56 Å². The van der Waals surface area contributed by atoms with E-state index >= 15 is 0 Å². The number of hydrogen-bond donors (Lipinski definition) is 0. The van der Waals surface area contributed by atoms with Gasteiger partial charge < -0.3 is 9.09 Å². The minimum absolute atomic E-state index is 0.175. The van der Waals surface area contributed by atoms with Crippen molar-refractivity contribution in [2.75, 3.05) is 0 Å². The molecule has 0 N–H and O–H groups in total. The van der Waals surface area contributed by atoms with E-state index in [0.29, 0.717) is 23.8 Å². The number of imidazole rings is 1. The van der Waals surface area contributed by atoms with E-state index < -0.39 is 5.82 Å². The van der Waals surface area contributed by atoms with Gasteiger partial charge in [0.05, 0.1) is 6.33 Å². The molecule has 0 aliphatic carbocycles. The number of rotatable bonds is 6. The first-order valence-electron chi connectivity index (χ1n) is 10.8. The summed E-state index contributed by atoms with van der Waals surface area (Å²) in [7, 11) is 0. The average molecular weight is 464 g/mol. The van der Waals surface area contributed by atoms with Crippen LogP contribution in [0.15, 0.2) is 96.3 Å². The minimum atomic E-state index is -0.430. The quantitative estimate of drug-likeness (QED) is 0.359. The lowest BCUT2D eigenvalue weighted by Crippen LogP contribution is -2.02. The second-order valence-electron chi connectivity index (χ2n) is 7.74. The van der Waals surface area contributed by atoms with Crippen LogP contribution in [0, 0.1) is 5.82 Å². The van der Waals surface area contributed by atoms with E-state index in [4.69, 9.17) is 4.52 Å². The monoisotopic (exact) mass is 464 g/mol. The van der Waals surface area contributed by atoms with E-state index in [1.165, 1.54) is 10.7 Å². The molecule has 0 aliphatic rings. The zero-order chi connectivity index (χ0) is 23.6. The largest absolute Gasteiger partial charge is 0.333 e. The molecule has 35 heavy (non-hydrogen) atoms. The molecule has 0 spiro atoms. The lowest BCUT2D eigenvalue weighted by Gasteiger charge is -2.08. The molecule has 0 amide bonds. The van der Waals surface area contributed by atoms with Crippen LogP contribution >= 0.6 is 0 Å². The normalized spacial score (nSPS) is 11.1.